The zero-order valence-corrected chi connectivity index (χ0v) is 9.99. The van der Waals surface area contributed by atoms with Crippen molar-refractivity contribution in [1.29, 1.82) is 0 Å². The normalized spacial score (nSPS) is 14.2. The molecule has 1 aromatic carbocycles. The summed E-state index contributed by atoms with van der Waals surface area (Å²) in [6.45, 7) is 3.35. The van der Waals surface area contributed by atoms with Gasteiger partial charge in [-0.25, -0.2) is 0 Å². The lowest BCUT2D eigenvalue weighted by Crippen LogP contribution is -2.35. The second-order valence-electron chi connectivity index (χ2n) is 4.08. The van der Waals surface area contributed by atoms with Crippen LogP contribution in [0.3, 0.4) is 0 Å². The number of ether oxygens (including phenoxy) is 1. The zero-order valence-electron chi connectivity index (χ0n) is 9.99. The number of carbonyl (C=O) groups is 1. The van der Waals surface area contributed by atoms with Crippen LogP contribution in [0.1, 0.15) is 25.8 Å². The molecule has 0 aliphatic rings. The Morgan fingerprint density at radius 1 is 1.50 bits per heavy atom. The molecule has 0 heterocycles. The zero-order chi connectivity index (χ0) is 12.2. The van der Waals surface area contributed by atoms with Crippen molar-refractivity contribution in [3.05, 3.63) is 29.8 Å². The Bertz CT molecular complexity index is 369. The van der Waals surface area contributed by atoms with Gasteiger partial charge in [0.05, 0.1) is 7.11 Å². The van der Waals surface area contributed by atoms with Gasteiger partial charge in [0, 0.05) is 6.42 Å². The molecule has 0 radical (unpaired) electrons. The van der Waals surface area contributed by atoms with Crippen molar-refractivity contribution >= 4 is 5.78 Å². The molecule has 1 N–H and O–H groups in total. The molecule has 0 aliphatic carbocycles. The Morgan fingerprint density at radius 3 is 2.75 bits per heavy atom. The maximum absolute atomic E-state index is 11.8. The third-order valence-corrected chi connectivity index (χ3v) is 2.79. The van der Waals surface area contributed by atoms with Crippen molar-refractivity contribution in [2.45, 2.75) is 32.3 Å². The first-order chi connectivity index (χ1) is 7.49. The standard InChI is InChI=1S/C13H18O3/c1-4-13(2,15)12(14)9-10-6-5-7-11(8-10)16-3/h5-8,15H,4,9H2,1-3H3. The molecule has 0 fully saturated rings. The van der Waals surface area contributed by atoms with E-state index in [1.165, 1.54) is 0 Å². The minimum atomic E-state index is -1.23. The van der Waals surface area contributed by atoms with Crippen LogP contribution in [0.4, 0.5) is 0 Å². The third-order valence-electron chi connectivity index (χ3n) is 2.79. The molecule has 0 aromatic heterocycles. The van der Waals surface area contributed by atoms with Gasteiger partial charge >= 0.3 is 0 Å². The number of aliphatic hydroxyl groups is 1. The fourth-order valence-corrected chi connectivity index (χ4v) is 1.36. The predicted molar refractivity (Wildman–Crippen MR) is 62.6 cm³/mol. The van der Waals surface area contributed by atoms with E-state index in [9.17, 15) is 9.90 Å². The van der Waals surface area contributed by atoms with Crippen LogP contribution in [0.5, 0.6) is 5.75 Å². The van der Waals surface area contributed by atoms with E-state index in [1.54, 1.807) is 21.0 Å². The van der Waals surface area contributed by atoms with E-state index in [1.807, 2.05) is 24.3 Å². The highest BCUT2D eigenvalue weighted by atomic mass is 16.5. The molecule has 0 aliphatic heterocycles. The smallest absolute Gasteiger partial charge is 0.168 e. The van der Waals surface area contributed by atoms with Crippen LogP contribution in [0, 0.1) is 0 Å². The van der Waals surface area contributed by atoms with Crippen molar-refractivity contribution in [1.82, 2.24) is 0 Å². The van der Waals surface area contributed by atoms with Crippen LogP contribution in [0.25, 0.3) is 0 Å². The largest absolute Gasteiger partial charge is 0.497 e. The molecule has 1 atom stereocenters. The molecular weight excluding hydrogens is 204 g/mol. The summed E-state index contributed by atoms with van der Waals surface area (Å²) in [6.07, 6.45) is 0.661. The quantitative estimate of drug-likeness (QED) is 0.828. The van der Waals surface area contributed by atoms with Crippen molar-refractivity contribution in [2.24, 2.45) is 0 Å². The van der Waals surface area contributed by atoms with Crippen LogP contribution < -0.4 is 4.74 Å². The summed E-state index contributed by atoms with van der Waals surface area (Å²) in [5, 5.41) is 9.80. The molecule has 1 rings (SSSR count). The molecule has 0 saturated carbocycles. The summed E-state index contributed by atoms with van der Waals surface area (Å²) in [4.78, 5) is 11.8. The van der Waals surface area contributed by atoms with Crippen molar-refractivity contribution < 1.29 is 14.6 Å². The Balaban J connectivity index is 2.77. The van der Waals surface area contributed by atoms with E-state index >= 15 is 0 Å². The molecule has 0 saturated heterocycles. The summed E-state index contributed by atoms with van der Waals surface area (Å²) in [5.41, 5.74) is -0.374. The van der Waals surface area contributed by atoms with Crippen LogP contribution in [-0.4, -0.2) is 23.6 Å². The van der Waals surface area contributed by atoms with Crippen LogP contribution in [-0.2, 0) is 11.2 Å². The van der Waals surface area contributed by atoms with E-state index in [2.05, 4.69) is 0 Å². The molecule has 3 heteroatoms. The van der Waals surface area contributed by atoms with Crippen LogP contribution >= 0.6 is 0 Å². The predicted octanol–water partition coefficient (Wildman–Crippen LogP) is 1.97. The molecule has 0 amide bonds. The fourth-order valence-electron chi connectivity index (χ4n) is 1.36. The highest BCUT2D eigenvalue weighted by molar-refractivity contribution is 5.88. The summed E-state index contributed by atoms with van der Waals surface area (Å²) < 4.78 is 5.07. The lowest BCUT2D eigenvalue weighted by atomic mass is 9.93. The average molecular weight is 222 g/mol. The summed E-state index contributed by atoms with van der Waals surface area (Å²) in [6, 6.07) is 7.32. The summed E-state index contributed by atoms with van der Waals surface area (Å²) >= 11 is 0. The number of methoxy groups -OCH3 is 1. The lowest BCUT2D eigenvalue weighted by Gasteiger charge is -2.19. The summed E-state index contributed by atoms with van der Waals surface area (Å²) in [7, 11) is 1.59. The molecule has 0 spiro atoms. The number of hydrogen-bond acceptors (Lipinski definition) is 3. The Kier molecular flexibility index (Phi) is 4.07. The third kappa shape index (κ3) is 3.07. The molecule has 16 heavy (non-hydrogen) atoms. The molecule has 1 aromatic rings. The van der Waals surface area contributed by atoms with Crippen LogP contribution in [0.2, 0.25) is 0 Å². The molecule has 0 bridgehead atoms. The Morgan fingerprint density at radius 2 is 2.19 bits per heavy atom. The van der Waals surface area contributed by atoms with E-state index in [-0.39, 0.29) is 12.2 Å². The maximum Gasteiger partial charge on any atom is 0.168 e. The van der Waals surface area contributed by atoms with Crippen molar-refractivity contribution in [3.8, 4) is 5.75 Å². The van der Waals surface area contributed by atoms with E-state index < -0.39 is 5.60 Å². The molecule has 1 unspecified atom stereocenters. The van der Waals surface area contributed by atoms with Gasteiger partial charge in [0.1, 0.15) is 11.4 Å². The average Bonchev–Trinajstić information content (AvgIpc) is 2.29. The number of benzene rings is 1. The molecular formula is C13H18O3. The topological polar surface area (TPSA) is 46.5 Å². The van der Waals surface area contributed by atoms with Crippen molar-refractivity contribution in [3.63, 3.8) is 0 Å². The van der Waals surface area contributed by atoms with Gasteiger partial charge in [-0.15, -0.1) is 0 Å². The van der Waals surface area contributed by atoms with E-state index in [0.717, 1.165) is 11.3 Å². The number of ketones is 1. The number of hydrogen-bond donors (Lipinski definition) is 1. The first kappa shape index (κ1) is 12.7. The molecule has 3 nitrogen and oxygen atoms in total. The molecule has 88 valence electrons. The highest BCUT2D eigenvalue weighted by Gasteiger charge is 2.27. The van der Waals surface area contributed by atoms with Gasteiger partial charge < -0.3 is 9.84 Å². The first-order valence-electron chi connectivity index (χ1n) is 5.38. The van der Waals surface area contributed by atoms with Gasteiger partial charge in [0.25, 0.3) is 0 Å². The van der Waals surface area contributed by atoms with Gasteiger partial charge in [-0.2, -0.15) is 0 Å². The monoisotopic (exact) mass is 222 g/mol. The number of carbonyl (C=O) groups excluding carboxylic acids is 1. The Hall–Kier alpha value is -1.35. The first-order valence-corrected chi connectivity index (χ1v) is 5.38. The van der Waals surface area contributed by atoms with Gasteiger partial charge in [0.15, 0.2) is 5.78 Å². The summed E-state index contributed by atoms with van der Waals surface area (Å²) in [5.74, 6) is 0.560. The maximum atomic E-state index is 11.8. The fraction of sp³-hybridized carbons (Fsp3) is 0.462. The van der Waals surface area contributed by atoms with E-state index in [0.29, 0.717) is 6.42 Å². The van der Waals surface area contributed by atoms with E-state index in [4.69, 9.17) is 4.74 Å². The van der Waals surface area contributed by atoms with Gasteiger partial charge in [-0.3, -0.25) is 4.79 Å². The second kappa shape index (κ2) is 5.12. The lowest BCUT2D eigenvalue weighted by molar-refractivity contribution is -0.135. The number of rotatable bonds is 5. The SMILES string of the molecule is CCC(C)(O)C(=O)Cc1cccc(OC)c1. The second-order valence-corrected chi connectivity index (χ2v) is 4.08. The van der Waals surface area contributed by atoms with Gasteiger partial charge in [-0.1, -0.05) is 19.1 Å². The highest BCUT2D eigenvalue weighted by Crippen LogP contribution is 2.17. The van der Waals surface area contributed by atoms with Crippen molar-refractivity contribution in [2.75, 3.05) is 7.11 Å². The van der Waals surface area contributed by atoms with Gasteiger partial charge in [0.2, 0.25) is 0 Å². The minimum absolute atomic E-state index is 0.164. The van der Waals surface area contributed by atoms with Gasteiger partial charge in [-0.05, 0) is 31.0 Å². The Labute approximate surface area is 96.1 Å². The minimum Gasteiger partial charge on any atom is -0.497 e. The van der Waals surface area contributed by atoms with Crippen LogP contribution in [0.15, 0.2) is 24.3 Å². The number of Topliss-reactive ketones (excluding diaryl/α,β-unsaturated/α-hetero) is 1.